The van der Waals surface area contributed by atoms with Crippen LogP contribution in [0.15, 0.2) is 54.6 Å². The molecule has 2 fully saturated rings. The van der Waals surface area contributed by atoms with E-state index in [2.05, 4.69) is 29.2 Å². The van der Waals surface area contributed by atoms with E-state index in [-0.39, 0.29) is 17.6 Å². The summed E-state index contributed by atoms with van der Waals surface area (Å²) in [4.78, 5) is 28.0. The number of carbonyl (C=O) groups is 1. The largest absolute Gasteiger partial charge is 0.335 e. The molecule has 29 heavy (non-hydrogen) atoms. The van der Waals surface area contributed by atoms with Crippen LogP contribution in [0.4, 0.5) is 5.69 Å². The van der Waals surface area contributed by atoms with Crippen LogP contribution in [0.1, 0.15) is 41.6 Å². The monoisotopic (exact) mass is 393 g/mol. The molecule has 0 N–H and O–H groups in total. The predicted octanol–water partition coefficient (Wildman–Crippen LogP) is 4.11. The highest BCUT2D eigenvalue weighted by atomic mass is 16.6. The van der Waals surface area contributed by atoms with Crippen LogP contribution < -0.4 is 0 Å². The maximum atomic E-state index is 13.1. The van der Waals surface area contributed by atoms with Gasteiger partial charge in [0.25, 0.3) is 11.6 Å². The van der Waals surface area contributed by atoms with Gasteiger partial charge < -0.3 is 4.90 Å². The number of amides is 1. The van der Waals surface area contributed by atoms with E-state index >= 15 is 0 Å². The molecule has 0 bridgehead atoms. The summed E-state index contributed by atoms with van der Waals surface area (Å²) < 4.78 is 0. The number of piperidine rings is 1. The second-order valence-corrected chi connectivity index (χ2v) is 8.14. The number of nitro benzene ring substituents is 1. The van der Waals surface area contributed by atoms with Gasteiger partial charge in [-0.2, -0.15) is 0 Å². The van der Waals surface area contributed by atoms with Gasteiger partial charge in [-0.25, -0.2) is 0 Å². The average Bonchev–Trinajstić information content (AvgIpc) is 3.24. The van der Waals surface area contributed by atoms with Gasteiger partial charge in [0.1, 0.15) is 0 Å². The van der Waals surface area contributed by atoms with Gasteiger partial charge in [-0.3, -0.25) is 19.8 Å². The maximum Gasteiger partial charge on any atom is 0.269 e. The molecule has 0 saturated carbocycles. The molecule has 6 nitrogen and oxygen atoms in total. The third-order valence-corrected chi connectivity index (χ3v) is 6.22. The van der Waals surface area contributed by atoms with Gasteiger partial charge in [0.2, 0.25) is 0 Å². The number of likely N-dealkylation sites (tertiary alicyclic amines) is 2. The molecule has 2 aromatic rings. The molecular formula is C23H27N3O3. The molecule has 0 unspecified atom stereocenters. The lowest BCUT2D eigenvalue weighted by molar-refractivity contribution is -0.384. The van der Waals surface area contributed by atoms with Gasteiger partial charge in [0.15, 0.2) is 0 Å². The summed E-state index contributed by atoms with van der Waals surface area (Å²) in [5.41, 5.74) is 1.89. The van der Waals surface area contributed by atoms with Gasteiger partial charge in [0, 0.05) is 43.4 Å². The number of nitro groups is 1. The zero-order chi connectivity index (χ0) is 20.2. The van der Waals surface area contributed by atoms with Gasteiger partial charge in [-0.05, 0) is 55.8 Å². The standard InChI is InChI=1S/C23H27N3O3/c27-23(19-10-12-21(13-11-19)26(28)29)25-15-5-9-22(25)20-8-4-14-24(17-20)16-18-6-2-1-3-7-18/h1-3,6-7,10-13,20,22H,4-5,8-9,14-17H2/t20-,22+/m0/s1. The van der Waals surface area contributed by atoms with Crippen molar-refractivity contribution in [1.29, 1.82) is 0 Å². The minimum atomic E-state index is -0.434. The molecule has 0 aliphatic carbocycles. The molecule has 2 atom stereocenters. The van der Waals surface area contributed by atoms with E-state index in [9.17, 15) is 14.9 Å². The second-order valence-electron chi connectivity index (χ2n) is 8.14. The Kier molecular flexibility index (Phi) is 5.90. The topological polar surface area (TPSA) is 66.7 Å². The highest BCUT2D eigenvalue weighted by Crippen LogP contribution is 2.32. The summed E-state index contributed by atoms with van der Waals surface area (Å²) in [5.74, 6) is 0.486. The van der Waals surface area contributed by atoms with Crippen LogP contribution in [-0.2, 0) is 6.54 Å². The van der Waals surface area contributed by atoms with Crippen molar-refractivity contribution < 1.29 is 9.72 Å². The Bertz CT molecular complexity index is 853. The molecule has 4 rings (SSSR count). The number of benzene rings is 2. The van der Waals surface area contributed by atoms with E-state index < -0.39 is 4.92 Å². The number of hydrogen-bond acceptors (Lipinski definition) is 4. The van der Waals surface area contributed by atoms with Crippen molar-refractivity contribution in [2.45, 2.75) is 38.3 Å². The third-order valence-electron chi connectivity index (χ3n) is 6.22. The minimum absolute atomic E-state index is 0.00239. The Morgan fingerprint density at radius 2 is 1.72 bits per heavy atom. The van der Waals surface area contributed by atoms with E-state index in [4.69, 9.17) is 0 Å². The quantitative estimate of drug-likeness (QED) is 0.566. The van der Waals surface area contributed by atoms with Crippen molar-refractivity contribution in [2.75, 3.05) is 19.6 Å². The van der Waals surface area contributed by atoms with Gasteiger partial charge in [-0.1, -0.05) is 30.3 Å². The summed E-state index contributed by atoms with van der Waals surface area (Å²) in [6.07, 6.45) is 4.38. The van der Waals surface area contributed by atoms with E-state index in [0.29, 0.717) is 11.5 Å². The number of nitrogens with zero attached hydrogens (tertiary/aromatic N) is 3. The van der Waals surface area contributed by atoms with Crippen molar-refractivity contribution in [3.8, 4) is 0 Å². The molecule has 0 aromatic heterocycles. The summed E-state index contributed by atoms with van der Waals surface area (Å²) in [6.45, 7) is 3.86. The predicted molar refractivity (Wildman–Crippen MR) is 112 cm³/mol. The number of hydrogen-bond donors (Lipinski definition) is 0. The maximum absolute atomic E-state index is 13.1. The summed E-state index contributed by atoms with van der Waals surface area (Å²) in [6, 6.07) is 16.8. The third kappa shape index (κ3) is 4.48. The van der Waals surface area contributed by atoms with Crippen LogP contribution in [0.5, 0.6) is 0 Å². The molecule has 2 saturated heterocycles. The fourth-order valence-electron chi connectivity index (χ4n) is 4.82. The zero-order valence-electron chi connectivity index (χ0n) is 16.6. The fraction of sp³-hybridized carbons (Fsp3) is 0.435. The molecule has 2 aromatic carbocycles. The SMILES string of the molecule is O=C(c1ccc([N+](=O)[O-])cc1)N1CCC[C@@H]1[C@H]1CCCN(Cc2ccccc2)C1. The molecule has 152 valence electrons. The Morgan fingerprint density at radius 1 is 1.00 bits per heavy atom. The lowest BCUT2D eigenvalue weighted by atomic mass is 9.88. The van der Waals surface area contributed by atoms with Crippen LogP contribution >= 0.6 is 0 Å². The van der Waals surface area contributed by atoms with Gasteiger partial charge in [0.05, 0.1) is 4.92 Å². The van der Waals surface area contributed by atoms with Gasteiger partial charge >= 0.3 is 0 Å². The molecule has 2 aliphatic rings. The van der Waals surface area contributed by atoms with Crippen molar-refractivity contribution in [3.63, 3.8) is 0 Å². The summed E-state index contributed by atoms with van der Waals surface area (Å²) >= 11 is 0. The molecule has 0 spiro atoms. The average molecular weight is 393 g/mol. The Morgan fingerprint density at radius 3 is 2.45 bits per heavy atom. The number of non-ortho nitro benzene ring substituents is 1. The molecular weight excluding hydrogens is 366 g/mol. The normalized spacial score (nSPS) is 22.6. The fourth-order valence-corrected chi connectivity index (χ4v) is 4.82. The summed E-state index contributed by atoms with van der Waals surface area (Å²) in [5, 5.41) is 10.9. The zero-order valence-corrected chi connectivity index (χ0v) is 16.6. The first-order chi connectivity index (χ1) is 14.1. The lowest BCUT2D eigenvalue weighted by Crippen LogP contribution is -2.46. The van der Waals surface area contributed by atoms with E-state index in [1.807, 2.05) is 11.0 Å². The molecule has 1 amide bonds. The van der Waals surface area contributed by atoms with Crippen LogP contribution in [-0.4, -0.2) is 46.3 Å². The van der Waals surface area contributed by atoms with Crippen molar-refractivity contribution in [3.05, 3.63) is 75.8 Å². The van der Waals surface area contributed by atoms with Crippen LogP contribution in [0.2, 0.25) is 0 Å². The van der Waals surface area contributed by atoms with Crippen molar-refractivity contribution in [2.24, 2.45) is 5.92 Å². The van der Waals surface area contributed by atoms with Crippen molar-refractivity contribution in [1.82, 2.24) is 9.80 Å². The van der Waals surface area contributed by atoms with Crippen LogP contribution in [0.25, 0.3) is 0 Å². The van der Waals surface area contributed by atoms with Crippen LogP contribution in [0.3, 0.4) is 0 Å². The van der Waals surface area contributed by atoms with Crippen LogP contribution in [0, 0.1) is 16.0 Å². The highest BCUT2D eigenvalue weighted by Gasteiger charge is 2.37. The van der Waals surface area contributed by atoms with Crippen molar-refractivity contribution >= 4 is 11.6 Å². The summed E-state index contributed by atoms with van der Waals surface area (Å²) in [7, 11) is 0. The second kappa shape index (κ2) is 8.74. The Balaban J connectivity index is 1.43. The lowest BCUT2D eigenvalue weighted by Gasteiger charge is -2.39. The number of rotatable bonds is 5. The Hall–Kier alpha value is -2.73. The number of carbonyl (C=O) groups excluding carboxylic acids is 1. The van der Waals surface area contributed by atoms with E-state index in [1.165, 1.54) is 17.7 Å². The minimum Gasteiger partial charge on any atom is -0.335 e. The molecule has 2 aliphatic heterocycles. The first-order valence-electron chi connectivity index (χ1n) is 10.4. The molecule has 6 heteroatoms. The molecule has 0 radical (unpaired) electrons. The van der Waals surface area contributed by atoms with E-state index in [0.717, 1.165) is 51.9 Å². The highest BCUT2D eigenvalue weighted by molar-refractivity contribution is 5.94. The Labute approximate surface area is 171 Å². The smallest absolute Gasteiger partial charge is 0.269 e. The van der Waals surface area contributed by atoms with Gasteiger partial charge in [-0.15, -0.1) is 0 Å². The molecule has 2 heterocycles. The van der Waals surface area contributed by atoms with E-state index in [1.54, 1.807) is 12.1 Å². The first-order valence-corrected chi connectivity index (χ1v) is 10.4. The first kappa shape index (κ1) is 19.6.